The Bertz CT molecular complexity index is 660. The van der Waals surface area contributed by atoms with Gasteiger partial charge in [0.05, 0.1) is 11.1 Å². The third-order valence-corrected chi connectivity index (χ3v) is 4.23. The smallest absolute Gasteiger partial charge is 0.224 e. The lowest BCUT2D eigenvalue weighted by Crippen LogP contribution is -1.96. The maximum absolute atomic E-state index is 11.3. The molecule has 7 nitrogen and oxygen atoms in total. The van der Waals surface area contributed by atoms with E-state index in [1.807, 2.05) is 12.1 Å². The van der Waals surface area contributed by atoms with Gasteiger partial charge in [-0.3, -0.25) is 0 Å². The van der Waals surface area contributed by atoms with Crippen molar-refractivity contribution in [3.8, 4) is 0 Å². The highest BCUT2D eigenvalue weighted by Gasteiger charge is 2.06. The summed E-state index contributed by atoms with van der Waals surface area (Å²) in [5.41, 5.74) is 1.05. The average molecular weight is 313 g/mol. The molecule has 1 heterocycles. The second-order valence-electron chi connectivity index (χ2n) is 3.60. The highest BCUT2D eigenvalue weighted by Crippen LogP contribution is 2.20. The van der Waals surface area contributed by atoms with Gasteiger partial charge in [-0.15, -0.1) is 5.10 Å². The van der Waals surface area contributed by atoms with E-state index in [0.717, 1.165) is 16.3 Å². The summed E-state index contributed by atoms with van der Waals surface area (Å²) < 4.78 is 22.5. The number of nitrogens with one attached hydrogen (secondary N) is 1. The van der Waals surface area contributed by atoms with Gasteiger partial charge in [-0.25, -0.2) is 8.42 Å². The van der Waals surface area contributed by atoms with Crippen molar-refractivity contribution in [1.29, 1.82) is 0 Å². The van der Waals surface area contributed by atoms with Gasteiger partial charge in [-0.2, -0.15) is 19.9 Å². The van der Waals surface area contributed by atoms with Crippen molar-refractivity contribution >= 4 is 27.8 Å². The minimum Gasteiger partial charge on any atom is -0.224 e. The first-order valence-electron chi connectivity index (χ1n) is 5.24. The van der Waals surface area contributed by atoms with E-state index in [1.165, 1.54) is 18.0 Å². The fraction of sp³-hybridized carbons (Fsp3) is 0.182. The molecule has 0 unspecified atom stereocenters. The second kappa shape index (κ2) is 7.59. The van der Waals surface area contributed by atoms with Crippen LogP contribution in [-0.4, -0.2) is 36.2 Å². The summed E-state index contributed by atoms with van der Waals surface area (Å²) in [5.74, 6) is 0.733. The standard InChI is InChI=1S/C10H11N3O2S2.CO2/c1-17(14,15)9-4-2-8(3-5-9)7-16-10-6-11-13-12-10;2-1-3/h2-6H,7H2,1H3,(H,11,12,13);. The molecule has 0 saturated heterocycles. The van der Waals surface area contributed by atoms with Crippen molar-refractivity contribution in [3.05, 3.63) is 36.0 Å². The van der Waals surface area contributed by atoms with E-state index in [-0.39, 0.29) is 6.15 Å². The van der Waals surface area contributed by atoms with Gasteiger partial charge in [-0.05, 0) is 17.7 Å². The summed E-state index contributed by atoms with van der Waals surface area (Å²) in [5, 5.41) is 11.0. The molecule has 1 aromatic heterocycles. The SMILES string of the molecule is CS(=O)(=O)c1ccc(CSc2cn[nH]n2)cc1.O=C=O. The molecule has 0 spiro atoms. The minimum absolute atomic E-state index is 0.250. The van der Waals surface area contributed by atoms with E-state index in [0.29, 0.717) is 4.90 Å². The molecule has 2 aromatic rings. The number of hydrogen-bond donors (Lipinski definition) is 1. The molecule has 1 aromatic carbocycles. The third kappa shape index (κ3) is 5.35. The third-order valence-electron chi connectivity index (χ3n) is 2.13. The van der Waals surface area contributed by atoms with E-state index < -0.39 is 9.84 Å². The summed E-state index contributed by atoms with van der Waals surface area (Å²) >= 11 is 1.54. The van der Waals surface area contributed by atoms with Crippen LogP contribution < -0.4 is 0 Å². The first kappa shape index (κ1) is 16.1. The van der Waals surface area contributed by atoms with Gasteiger partial charge in [-0.1, -0.05) is 23.9 Å². The molecule has 0 saturated carbocycles. The maximum atomic E-state index is 11.3. The summed E-state index contributed by atoms with van der Waals surface area (Å²) in [6, 6.07) is 6.86. The lowest BCUT2D eigenvalue weighted by molar-refractivity contribution is -0.191. The summed E-state index contributed by atoms with van der Waals surface area (Å²) in [7, 11) is -3.11. The van der Waals surface area contributed by atoms with Crippen LogP contribution in [0.3, 0.4) is 0 Å². The molecule has 106 valence electrons. The summed E-state index contributed by atoms with van der Waals surface area (Å²) in [4.78, 5) is 16.6. The Hall–Kier alpha value is -1.96. The van der Waals surface area contributed by atoms with Crippen LogP contribution in [0, 0.1) is 0 Å². The van der Waals surface area contributed by atoms with Crippen molar-refractivity contribution in [2.24, 2.45) is 0 Å². The lowest BCUT2D eigenvalue weighted by atomic mass is 10.2. The molecule has 0 aliphatic carbocycles. The highest BCUT2D eigenvalue weighted by molar-refractivity contribution is 7.98. The van der Waals surface area contributed by atoms with Crippen molar-refractivity contribution in [3.63, 3.8) is 0 Å². The van der Waals surface area contributed by atoms with Gasteiger partial charge < -0.3 is 0 Å². The summed E-state index contributed by atoms with van der Waals surface area (Å²) in [6.07, 6.45) is 3.10. The van der Waals surface area contributed by atoms with Gasteiger partial charge in [0.15, 0.2) is 9.84 Å². The molecule has 0 radical (unpaired) electrons. The van der Waals surface area contributed by atoms with Crippen molar-refractivity contribution in [2.45, 2.75) is 15.7 Å². The zero-order chi connectivity index (χ0) is 15.0. The molecule has 0 amide bonds. The molecular formula is C11H11N3O4S2. The number of hydrogen-bond acceptors (Lipinski definition) is 7. The number of sulfone groups is 1. The van der Waals surface area contributed by atoms with Crippen LogP contribution in [-0.2, 0) is 25.2 Å². The molecule has 0 atom stereocenters. The fourth-order valence-electron chi connectivity index (χ4n) is 1.25. The van der Waals surface area contributed by atoms with Gasteiger partial charge in [0.25, 0.3) is 0 Å². The average Bonchev–Trinajstić information content (AvgIpc) is 2.90. The predicted molar refractivity (Wildman–Crippen MR) is 70.5 cm³/mol. The quantitative estimate of drug-likeness (QED) is 0.835. The number of nitrogens with zero attached hydrogens (tertiary/aromatic N) is 2. The summed E-state index contributed by atoms with van der Waals surface area (Å²) in [6.45, 7) is 0. The predicted octanol–water partition coefficient (Wildman–Crippen LogP) is 0.917. The fourth-order valence-corrected chi connectivity index (χ4v) is 2.62. The van der Waals surface area contributed by atoms with Crippen LogP contribution in [0.25, 0.3) is 0 Å². The highest BCUT2D eigenvalue weighted by atomic mass is 32.2. The molecule has 2 rings (SSSR count). The Balaban J connectivity index is 0.000000612. The van der Waals surface area contributed by atoms with Crippen molar-refractivity contribution < 1.29 is 18.0 Å². The maximum Gasteiger partial charge on any atom is 0.373 e. The van der Waals surface area contributed by atoms with E-state index in [1.54, 1.807) is 18.3 Å². The zero-order valence-electron chi connectivity index (χ0n) is 10.4. The first-order chi connectivity index (χ1) is 9.47. The van der Waals surface area contributed by atoms with E-state index in [2.05, 4.69) is 15.4 Å². The van der Waals surface area contributed by atoms with Crippen LogP contribution in [0.4, 0.5) is 0 Å². The Kier molecular flexibility index (Phi) is 6.10. The second-order valence-corrected chi connectivity index (χ2v) is 6.61. The molecule has 9 heteroatoms. The normalized spacial score (nSPS) is 10.2. The van der Waals surface area contributed by atoms with Crippen LogP contribution in [0.5, 0.6) is 0 Å². The number of thioether (sulfide) groups is 1. The number of carbonyl (C=O) groups excluding carboxylic acids is 2. The number of rotatable bonds is 4. The Morgan fingerprint density at radius 1 is 1.25 bits per heavy atom. The zero-order valence-corrected chi connectivity index (χ0v) is 12.1. The van der Waals surface area contributed by atoms with Crippen LogP contribution in [0.15, 0.2) is 40.4 Å². The minimum atomic E-state index is -3.11. The molecule has 1 N–H and O–H groups in total. The van der Waals surface area contributed by atoms with Gasteiger partial charge in [0, 0.05) is 12.0 Å². The first-order valence-corrected chi connectivity index (χ1v) is 8.12. The van der Waals surface area contributed by atoms with Crippen molar-refractivity contribution in [1.82, 2.24) is 15.4 Å². The van der Waals surface area contributed by atoms with E-state index in [9.17, 15) is 8.42 Å². The molecule has 0 fully saturated rings. The number of aromatic nitrogens is 3. The number of benzene rings is 1. The van der Waals surface area contributed by atoms with Crippen molar-refractivity contribution in [2.75, 3.05) is 6.26 Å². The largest absolute Gasteiger partial charge is 0.373 e. The van der Waals surface area contributed by atoms with Gasteiger partial charge >= 0.3 is 6.15 Å². The molecule has 0 aliphatic rings. The van der Waals surface area contributed by atoms with Crippen LogP contribution in [0.2, 0.25) is 0 Å². The Morgan fingerprint density at radius 3 is 2.30 bits per heavy atom. The topological polar surface area (TPSA) is 110 Å². The molecule has 0 bridgehead atoms. The monoisotopic (exact) mass is 313 g/mol. The Labute approximate surface area is 119 Å². The lowest BCUT2D eigenvalue weighted by Gasteiger charge is -2.01. The van der Waals surface area contributed by atoms with Crippen LogP contribution in [0.1, 0.15) is 5.56 Å². The van der Waals surface area contributed by atoms with Gasteiger partial charge in [0.2, 0.25) is 0 Å². The Morgan fingerprint density at radius 2 is 1.85 bits per heavy atom. The van der Waals surface area contributed by atoms with Gasteiger partial charge in [0.1, 0.15) is 5.03 Å². The van der Waals surface area contributed by atoms with Crippen LogP contribution >= 0.6 is 11.8 Å². The number of aromatic amines is 1. The molecule has 0 aliphatic heterocycles. The molecule has 20 heavy (non-hydrogen) atoms. The number of H-pyrrole nitrogens is 1. The van der Waals surface area contributed by atoms with E-state index in [4.69, 9.17) is 9.59 Å². The molecular weight excluding hydrogens is 302 g/mol. The van der Waals surface area contributed by atoms with E-state index >= 15 is 0 Å².